The van der Waals surface area contributed by atoms with Gasteiger partial charge < -0.3 is 20.0 Å². The van der Waals surface area contributed by atoms with Gasteiger partial charge in [0.1, 0.15) is 11.6 Å². The van der Waals surface area contributed by atoms with Gasteiger partial charge in [-0.25, -0.2) is 9.97 Å². The van der Waals surface area contributed by atoms with Crippen molar-refractivity contribution < 1.29 is 0 Å². The molecule has 2 aromatic rings. The monoisotopic (exact) mass is 341 g/mol. The lowest BCUT2D eigenvalue weighted by molar-refractivity contribution is 0.405. The highest BCUT2D eigenvalue weighted by atomic mass is 15.3. The van der Waals surface area contributed by atoms with Crippen LogP contribution in [0, 0.1) is 0 Å². The van der Waals surface area contributed by atoms with Crippen LogP contribution < -0.4 is 15.1 Å². The fourth-order valence-electron chi connectivity index (χ4n) is 2.91. The van der Waals surface area contributed by atoms with E-state index in [-0.39, 0.29) is 0 Å². The highest BCUT2D eigenvalue weighted by Crippen LogP contribution is 2.17. The predicted octanol–water partition coefficient (Wildman–Crippen LogP) is 1.56. The van der Waals surface area contributed by atoms with Crippen molar-refractivity contribution in [1.82, 2.24) is 19.9 Å². The fourth-order valence-corrected chi connectivity index (χ4v) is 2.91. The second-order valence-electron chi connectivity index (χ2n) is 6.48. The molecule has 1 fully saturated rings. The van der Waals surface area contributed by atoms with Crippen molar-refractivity contribution in [2.45, 2.75) is 6.42 Å². The van der Waals surface area contributed by atoms with Gasteiger partial charge in [-0.05, 0) is 45.3 Å². The second-order valence-corrected chi connectivity index (χ2v) is 6.48. The molecule has 3 rings (SSSR count). The number of piperazine rings is 1. The third-order valence-corrected chi connectivity index (χ3v) is 4.28. The van der Waals surface area contributed by atoms with E-state index in [9.17, 15) is 0 Å². The van der Waals surface area contributed by atoms with Crippen molar-refractivity contribution >= 4 is 17.6 Å². The molecule has 25 heavy (non-hydrogen) atoms. The molecule has 0 saturated carbocycles. The predicted molar refractivity (Wildman–Crippen MR) is 102 cm³/mol. The lowest BCUT2D eigenvalue weighted by atomic mass is 10.3. The van der Waals surface area contributed by atoms with E-state index in [1.807, 2.05) is 30.6 Å². The topological polar surface area (TPSA) is 60.4 Å². The van der Waals surface area contributed by atoms with Crippen molar-refractivity contribution in [3.05, 3.63) is 36.7 Å². The van der Waals surface area contributed by atoms with Crippen LogP contribution in [0.3, 0.4) is 0 Å². The van der Waals surface area contributed by atoms with Crippen molar-refractivity contribution in [2.24, 2.45) is 0 Å². The summed E-state index contributed by atoms with van der Waals surface area (Å²) in [5, 5.41) is 3.32. The summed E-state index contributed by atoms with van der Waals surface area (Å²) in [6.45, 7) is 5.72. The van der Waals surface area contributed by atoms with Crippen LogP contribution in [0.5, 0.6) is 0 Å². The zero-order valence-corrected chi connectivity index (χ0v) is 15.1. The zero-order valence-electron chi connectivity index (χ0n) is 15.1. The Balaban J connectivity index is 1.52. The minimum absolute atomic E-state index is 0.711. The van der Waals surface area contributed by atoms with E-state index in [4.69, 9.17) is 0 Å². The number of nitrogens with one attached hydrogen (secondary N) is 1. The van der Waals surface area contributed by atoms with E-state index in [0.717, 1.165) is 57.3 Å². The highest BCUT2D eigenvalue weighted by Gasteiger charge is 2.19. The van der Waals surface area contributed by atoms with Crippen LogP contribution in [-0.2, 0) is 0 Å². The third-order valence-electron chi connectivity index (χ3n) is 4.28. The average Bonchev–Trinajstić information content (AvgIpc) is 2.66. The molecular weight excluding hydrogens is 314 g/mol. The SMILES string of the molecule is CN(C)CCCNc1nccc(N2CCN(c3ccccn3)CC2)n1. The minimum Gasteiger partial charge on any atom is -0.354 e. The van der Waals surface area contributed by atoms with Crippen molar-refractivity contribution in [3.8, 4) is 0 Å². The number of nitrogens with zero attached hydrogens (tertiary/aromatic N) is 6. The van der Waals surface area contributed by atoms with Gasteiger partial charge in [-0.1, -0.05) is 6.07 Å². The molecule has 1 N–H and O–H groups in total. The lowest BCUT2D eigenvalue weighted by Gasteiger charge is -2.36. The maximum absolute atomic E-state index is 4.67. The normalized spacial score (nSPS) is 14.8. The Morgan fingerprint density at radius 1 is 0.960 bits per heavy atom. The van der Waals surface area contributed by atoms with Gasteiger partial charge in [0.2, 0.25) is 5.95 Å². The molecular formula is C18H27N7. The van der Waals surface area contributed by atoms with E-state index in [1.165, 1.54) is 0 Å². The van der Waals surface area contributed by atoms with Gasteiger partial charge in [0.15, 0.2) is 0 Å². The van der Waals surface area contributed by atoms with E-state index >= 15 is 0 Å². The number of hydrogen-bond acceptors (Lipinski definition) is 7. The van der Waals surface area contributed by atoms with Crippen LogP contribution in [0.15, 0.2) is 36.7 Å². The molecule has 1 aliphatic heterocycles. The summed E-state index contributed by atoms with van der Waals surface area (Å²) in [6, 6.07) is 8.04. The molecule has 0 aliphatic carbocycles. The average molecular weight is 341 g/mol. The summed E-state index contributed by atoms with van der Waals surface area (Å²) in [6.07, 6.45) is 4.76. The Kier molecular flexibility index (Phi) is 6.00. The first kappa shape index (κ1) is 17.4. The highest BCUT2D eigenvalue weighted by molar-refractivity contribution is 5.46. The van der Waals surface area contributed by atoms with Gasteiger partial charge in [-0.3, -0.25) is 0 Å². The Morgan fingerprint density at radius 2 is 1.72 bits per heavy atom. The molecule has 1 saturated heterocycles. The van der Waals surface area contributed by atoms with Crippen LogP contribution in [0.25, 0.3) is 0 Å². The van der Waals surface area contributed by atoms with Crippen LogP contribution in [0.2, 0.25) is 0 Å². The van der Waals surface area contributed by atoms with E-state index in [0.29, 0.717) is 5.95 Å². The summed E-state index contributed by atoms with van der Waals surface area (Å²) < 4.78 is 0. The van der Waals surface area contributed by atoms with Crippen molar-refractivity contribution in [3.63, 3.8) is 0 Å². The van der Waals surface area contributed by atoms with Gasteiger partial charge in [-0.15, -0.1) is 0 Å². The van der Waals surface area contributed by atoms with Gasteiger partial charge in [0.25, 0.3) is 0 Å². The molecule has 0 aromatic carbocycles. The number of anilines is 3. The van der Waals surface area contributed by atoms with Crippen LogP contribution in [0.4, 0.5) is 17.6 Å². The molecule has 1 aliphatic rings. The Morgan fingerprint density at radius 3 is 2.40 bits per heavy atom. The minimum atomic E-state index is 0.711. The Bertz CT molecular complexity index is 639. The number of pyridine rings is 1. The van der Waals surface area contributed by atoms with Gasteiger partial charge >= 0.3 is 0 Å². The Hall–Kier alpha value is -2.41. The summed E-state index contributed by atoms with van der Waals surface area (Å²) >= 11 is 0. The van der Waals surface area contributed by atoms with E-state index < -0.39 is 0 Å². The fraction of sp³-hybridized carbons (Fsp3) is 0.500. The first-order chi connectivity index (χ1) is 12.2. The maximum atomic E-state index is 4.67. The molecule has 2 aromatic heterocycles. The number of aromatic nitrogens is 3. The molecule has 7 heteroatoms. The summed E-state index contributed by atoms with van der Waals surface area (Å²) in [4.78, 5) is 20.2. The molecule has 134 valence electrons. The van der Waals surface area contributed by atoms with Crippen LogP contribution in [0.1, 0.15) is 6.42 Å². The first-order valence-electron chi connectivity index (χ1n) is 8.85. The molecule has 7 nitrogen and oxygen atoms in total. The molecule has 0 atom stereocenters. The van der Waals surface area contributed by atoms with Gasteiger partial charge in [-0.2, -0.15) is 4.98 Å². The van der Waals surface area contributed by atoms with Crippen molar-refractivity contribution in [1.29, 1.82) is 0 Å². The van der Waals surface area contributed by atoms with Gasteiger partial charge in [0.05, 0.1) is 0 Å². The van der Waals surface area contributed by atoms with Crippen LogP contribution in [-0.4, -0.2) is 73.2 Å². The molecule has 0 spiro atoms. The molecule has 0 radical (unpaired) electrons. The molecule has 3 heterocycles. The standard InChI is InChI=1S/C18H27N7/c1-23(2)11-5-9-20-18-21-10-7-17(22-18)25-14-12-24(13-15-25)16-6-3-4-8-19-16/h3-4,6-8,10H,5,9,11-15H2,1-2H3,(H,20,21,22). The molecule has 0 unspecified atom stereocenters. The third kappa shape index (κ3) is 5.03. The largest absolute Gasteiger partial charge is 0.354 e. The summed E-state index contributed by atoms with van der Waals surface area (Å²) in [5.41, 5.74) is 0. The summed E-state index contributed by atoms with van der Waals surface area (Å²) in [7, 11) is 4.17. The smallest absolute Gasteiger partial charge is 0.224 e. The quantitative estimate of drug-likeness (QED) is 0.767. The van der Waals surface area contributed by atoms with Crippen LogP contribution >= 0.6 is 0 Å². The summed E-state index contributed by atoms with van der Waals surface area (Å²) in [5.74, 6) is 2.75. The molecule has 0 amide bonds. The number of rotatable bonds is 7. The van der Waals surface area contributed by atoms with E-state index in [2.05, 4.69) is 55.1 Å². The maximum Gasteiger partial charge on any atom is 0.224 e. The van der Waals surface area contributed by atoms with E-state index in [1.54, 1.807) is 0 Å². The first-order valence-corrected chi connectivity index (χ1v) is 8.85. The Labute approximate surface area is 149 Å². The molecule has 0 bridgehead atoms. The number of hydrogen-bond donors (Lipinski definition) is 1. The van der Waals surface area contributed by atoms with Gasteiger partial charge in [0, 0.05) is 45.1 Å². The second kappa shape index (κ2) is 8.62. The lowest BCUT2D eigenvalue weighted by Crippen LogP contribution is -2.47. The van der Waals surface area contributed by atoms with Crippen molar-refractivity contribution in [2.75, 3.05) is 68.5 Å². The zero-order chi connectivity index (χ0) is 17.5.